The van der Waals surface area contributed by atoms with Crippen LogP contribution in [0.25, 0.3) is 0 Å². The van der Waals surface area contributed by atoms with Crippen molar-refractivity contribution in [1.29, 1.82) is 0 Å². The van der Waals surface area contributed by atoms with E-state index < -0.39 is 34.9 Å². The lowest BCUT2D eigenvalue weighted by Gasteiger charge is -2.68. The summed E-state index contributed by atoms with van der Waals surface area (Å²) in [4.78, 5) is 2.27. The van der Waals surface area contributed by atoms with Crippen LogP contribution in [0.5, 0.6) is 0 Å². The summed E-state index contributed by atoms with van der Waals surface area (Å²) in [5.41, 5.74) is -0.982. The molecule has 3 saturated heterocycles. The zero-order chi connectivity index (χ0) is 17.3. The monoisotopic (exact) mass is 345 g/mol. The number of allylic oxidation sites excluding steroid dienone is 1. The molecule has 0 amide bonds. The van der Waals surface area contributed by atoms with E-state index in [1.165, 1.54) is 5.57 Å². The van der Waals surface area contributed by atoms with E-state index in [2.05, 4.69) is 18.4 Å². The molecule has 3 aliphatic heterocycles. The van der Waals surface area contributed by atoms with Crippen LogP contribution < -0.4 is 0 Å². The smallest absolute Gasteiger partial charge is 0.113 e. The van der Waals surface area contributed by atoms with Crippen LogP contribution in [0.1, 0.15) is 39.0 Å². The molecular formula is C20H27NO4. The second-order valence-corrected chi connectivity index (χ2v) is 10.8. The first-order valence-electron chi connectivity index (χ1n) is 9.96. The van der Waals surface area contributed by atoms with E-state index in [1.54, 1.807) is 0 Å². The van der Waals surface area contributed by atoms with Crippen molar-refractivity contribution in [3.63, 3.8) is 0 Å². The number of rotatable bonds is 0. The molecule has 1 unspecified atom stereocenters. The van der Waals surface area contributed by atoms with Crippen molar-refractivity contribution in [2.24, 2.45) is 34.0 Å². The van der Waals surface area contributed by atoms with E-state index in [4.69, 9.17) is 0 Å². The summed E-state index contributed by atoms with van der Waals surface area (Å²) in [6, 6.07) is 0.235. The molecule has 9 rings (SSSR count). The highest BCUT2D eigenvalue weighted by Gasteiger charge is 2.95. The van der Waals surface area contributed by atoms with Gasteiger partial charge in [0.05, 0.1) is 17.8 Å². The Labute approximate surface area is 147 Å². The van der Waals surface area contributed by atoms with Gasteiger partial charge in [-0.15, -0.1) is 0 Å². The molecule has 0 aromatic rings. The number of fused-ring (bicyclic) bond motifs is 1. The Bertz CT molecular complexity index is 756. The van der Waals surface area contributed by atoms with Crippen LogP contribution in [0.15, 0.2) is 12.2 Å². The maximum atomic E-state index is 12.3. The Morgan fingerprint density at radius 3 is 2.68 bits per heavy atom. The average Bonchev–Trinajstić information content (AvgIpc) is 2.90. The Morgan fingerprint density at radius 1 is 1.16 bits per heavy atom. The number of hydrogen-bond acceptors (Lipinski definition) is 5. The number of nitrogens with zero attached hydrogens (tertiary/aromatic N) is 1. The number of hydrogen-bond donors (Lipinski definition) is 4. The minimum absolute atomic E-state index is 0.00683. The minimum atomic E-state index is -0.933. The van der Waals surface area contributed by atoms with Gasteiger partial charge in [0.15, 0.2) is 0 Å². The van der Waals surface area contributed by atoms with Crippen LogP contribution in [-0.4, -0.2) is 61.4 Å². The second kappa shape index (κ2) is 3.49. The van der Waals surface area contributed by atoms with Gasteiger partial charge in [-0.25, -0.2) is 0 Å². The van der Waals surface area contributed by atoms with Gasteiger partial charge < -0.3 is 20.4 Å². The zero-order valence-electron chi connectivity index (χ0n) is 14.6. The highest BCUT2D eigenvalue weighted by molar-refractivity contribution is 5.47. The lowest BCUT2D eigenvalue weighted by molar-refractivity contribution is -0.298. The molecule has 5 heteroatoms. The molecular weight excluding hydrogens is 318 g/mol. The van der Waals surface area contributed by atoms with Crippen molar-refractivity contribution in [1.82, 2.24) is 4.90 Å². The van der Waals surface area contributed by atoms with Crippen LogP contribution >= 0.6 is 0 Å². The number of aliphatic hydroxyl groups is 4. The third-order valence-corrected chi connectivity index (χ3v) is 10.6. The highest BCUT2D eigenvalue weighted by atomic mass is 16.3. The first-order chi connectivity index (χ1) is 11.7. The summed E-state index contributed by atoms with van der Waals surface area (Å²) in [5.74, 6) is 0.706. The molecule has 136 valence electrons. The summed E-state index contributed by atoms with van der Waals surface area (Å²) < 4.78 is 0. The predicted molar refractivity (Wildman–Crippen MR) is 88.1 cm³/mol. The van der Waals surface area contributed by atoms with Gasteiger partial charge in [0, 0.05) is 28.3 Å². The average molecular weight is 345 g/mol. The molecule has 25 heavy (non-hydrogen) atoms. The summed E-state index contributed by atoms with van der Waals surface area (Å²) in [5, 5.41) is 45.6. The van der Waals surface area contributed by atoms with E-state index in [1.807, 2.05) is 0 Å². The maximum absolute atomic E-state index is 12.3. The molecule has 2 spiro atoms. The van der Waals surface area contributed by atoms with Gasteiger partial charge in [-0.3, -0.25) is 4.90 Å². The third-order valence-electron chi connectivity index (χ3n) is 10.6. The van der Waals surface area contributed by atoms with Crippen molar-refractivity contribution in [3.05, 3.63) is 12.2 Å². The van der Waals surface area contributed by atoms with E-state index in [0.29, 0.717) is 24.7 Å². The quantitative estimate of drug-likeness (QED) is 0.472. The van der Waals surface area contributed by atoms with E-state index >= 15 is 0 Å². The summed E-state index contributed by atoms with van der Waals surface area (Å²) in [6.07, 6.45) is 1.59. The largest absolute Gasteiger partial charge is 0.390 e. The molecule has 0 aromatic carbocycles. The second-order valence-electron chi connectivity index (χ2n) is 10.8. The number of aliphatic hydroxyl groups excluding tert-OH is 3. The lowest BCUT2D eigenvalue weighted by Crippen LogP contribution is -2.76. The van der Waals surface area contributed by atoms with Crippen LogP contribution in [0.2, 0.25) is 0 Å². The fourth-order valence-corrected chi connectivity index (χ4v) is 10.4. The van der Waals surface area contributed by atoms with E-state index in [-0.39, 0.29) is 23.4 Å². The van der Waals surface area contributed by atoms with Gasteiger partial charge in [0.1, 0.15) is 6.23 Å². The standard InChI is InChI=1S/C20H27NO4/c1-8-4-18-6-11-13-17(2)7-12(22)15(23)20(13)14(21(11)16(17)24)10(18)3-9(8)5-19(18,20)25/h9-16,22-25H,1,3-7H2,2H3/t9-,10+,11-,12-,13+,14+,15+,16+,17-,18-,19-,20+/m0/s1. The first kappa shape index (κ1) is 14.6. The van der Waals surface area contributed by atoms with Crippen molar-refractivity contribution in [2.45, 2.75) is 75.1 Å². The molecule has 9 bridgehead atoms. The normalized spacial score (nSPS) is 76.5. The molecule has 0 radical (unpaired) electrons. The molecule has 6 aliphatic carbocycles. The van der Waals surface area contributed by atoms with Crippen LogP contribution in [0.3, 0.4) is 0 Å². The van der Waals surface area contributed by atoms with Crippen LogP contribution in [-0.2, 0) is 0 Å². The van der Waals surface area contributed by atoms with Crippen LogP contribution in [0.4, 0.5) is 0 Å². The Balaban J connectivity index is 1.58. The first-order valence-corrected chi connectivity index (χ1v) is 9.96. The Hall–Kier alpha value is -0.460. The molecule has 6 saturated carbocycles. The van der Waals surface area contributed by atoms with Gasteiger partial charge in [-0.05, 0) is 49.9 Å². The lowest BCUT2D eigenvalue weighted by atomic mass is 9.38. The van der Waals surface area contributed by atoms with Crippen molar-refractivity contribution in [2.75, 3.05) is 0 Å². The molecule has 0 aromatic heterocycles. The van der Waals surface area contributed by atoms with Crippen molar-refractivity contribution >= 4 is 0 Å². The summed E-state index contributed by atoms with van der Waals surface area (Å²) in [6.45, 7) is 6.39. The van der Waals surface area contributed by atoms with Gasteiger partial charge >= 0.3 is 0 Å². The van der Waals surface area contributed by atoms with Crippen molar-refractivity contribution < 1.29 is 20.4 Å². The van der Waals surface area contributed by atoms with E-state index in [9.17, 15) is 20.4 Å². The fraction of sp³-hybridized carbons (Fsp3) is 0.900. The summed E-state index contributed by atoms with van der Waals surface area (Å²) in [7, 11) is 0. The molecule has 9 aliphatic rings. The van der Waals surface area contributed by atoms with Gasteiger partial charge in [-0.2, -0.15) is 0 Å². The third kappa shape index (κ3) is 0.981. The molecule has 13 atom stereocenters. The van der Waals surface area contributed by atoms with Gasteiger partial charge in [0.2, 0.25) is 0 Å². The topological polar surface area (TPSA) is 84.2 Å². The van der Waals surface area contributed by atoms with Gasteiger partial charge in [-0.1, -0.05) is 19.1 Å². The fourth-order valence-electron chi connectivity index (χ4n) is 10.4. The Kier molecular flexibility index (Phi) is 2.04. The zero-order valence-corrected chi connectivity index (χ0v) is 14.6. The Morgan fingerprint density at radius 2 is 1.92 bits per heavy atom. The highest BCUT2D eigenvalue weighted by Crippen LogP contribution is 2.88. The van der Waals surface area contributed by atoms with Gasteiger partial charge in [0.25, 0.3) is 0 Å². The molecule has 3 heterocycles. The SMILES string of the molecule is C=C1C[C@]23C[C@H]4[C@@H]5[C@]6(C)C[C@H](O)[C@@H](O)[C@]57[C@@H]([C@H]2C[C@H]1C[C@]37O)N4[C@@H]6O. The summed E-state index contributed by atoms with van der Waals surface area (Å²) >= 11 is 0. The molecule has 9 fully saturated rings. The van der Waals surface area contributed by atoms with E-state index in [0.717, 1.165) is 19.3 Å². The predicted octanol–water partition coefficient (Wildman–Crippen LogP) is 0.227. The number of piperidine rings is 2. The van der Waals surface area contributed by atoms with Crippen molar-refractivity contribution in [3.8, 4) is 0 Å². The minimum Gasteiger partial charge on any atom is -0.390 e. The maximum Gasteiger partial charge on any atom is 0.113 e. The molecule has 4 N–H and O–H groups in total. The van der Waals surface area contributed by atoms with Crippen LogP contribution in [0, 0.1) is 34.0 Å². The molecule has 5 nitrogen and oxygen atoms in total.